The Morgan fingerprint density at radius 1 is 0.783 bits per heavy atom. The van der Waals surface area contributed by atoms with Gasteiger partial charge in [0.05, 0.1) is 16.3 Å². The highest BCUT2D eigenvalue weighted by Gasteiger charge is 2.29. The van der Waals surface area contributed by atoms with Crippen molar-refractivity contribution in [3.8, 4) is 11.5 Å². The van der Waals surface area contributed by atoms with Crippen LogP contribution < -0.4 is 5.30 Å². The van der Waals surface area contributed by atoms with Crippen LogP contribution in [-0.2, 0) is 24.8 Å². The zero-order valence-corrected chi connectivity index (χ0v) is 28.3. The van der Waals surface area contributed by atoms with E-state index in [-0.39, 0.29) is 15.2 Å². The number of phenolic OH excluding ortho intramolecular Hbond substituents is 2. The summed E-state index contributed by atoms with van der Waals surface area (Å²) in [4.78, 5) is 28.6. The third-order valence-corrected chi connectivity index (χ3v) is 9.84. The summed E-state index contributed by atoms with van der Waals surface area (Å²) < 4.78 is 81.0. The van der Waals surface area contributed by atoms with Gasteiger partial charge in [0.2, 0.25) is 0 Å². The molecule has 0 aromatic heterocycles. The summed E-state index contributed by atoms with van der Waals surface area (Å²) >= 11 is 12.0. The summed E-state index contributed by atoms with van der Waals surface area (Å²) in [6, 6.07) is 6.57. The van der Waals surface area contributed by atoms with Crippen molar-refractivity contribution in [1.82, 2.24) is 0 Å². The molecule has 0 unspecified atom stereocenters. The lowest BCUT2D eigenvalue weighted by atomic mass is 10.1. The molecule has 0 aliphatic heterocycles. The number of nitrogens with zero attached hydrogens (tertiary/aromatic N) is 4. The fourth-order valence-electron chi connectivity index (χ4n) is 3.90. The van der Waals surface area contributed by atoms with E-state index in [2.05, 4.69) is 52.3 Å². The van der Waals surface area contributed by atoms with E-state index in [4.69, 9.17) is 11.6 Å². The first kappa shape index (κ1) is 35.5. The van der Waals surface area contributed by atoms with Crippen LogP contribution >= 0.6 is 51.1 Å². The standard InChI is InChI=1S/C23H14Br2ClN4O13PS2/c24-9-5-11(23(33)34)18(12(25)6-9)28-30-20-16(46(41,42)43)4-8-3-15(45(38,39)40)19(21(31)17(8)22(20)32)29-27-13-2-1-10(26)7-14(13)44(35,36)37/h1-7,31-32H,(H,33,34)(H2,35,36,37)(H,38,39,40)(H,41,42,43). The van der Waals surface area contributed by atoms with Crippen molar-refractivity contribution >= 4 is 116 Å². The molecule has 0 fully saturated rings. The topological polar surface area (TPSA) is 293 Å². The number of rotatable bonds is 8. The second-order valence-corrected chi connectivity index (χ2v) is 15.4. The molecule has 7 N–H and O–H groups in total. The van der Waals surface area contributed by atoms with Gasteiger partial charge in [-0.1, -0.05) is 27.5 Å². The molecule has 0 aliphatic rings. The maximum absolute atomic E-state index is 12.3. The number of fused-ring (bicyclic) bond motifs is 1. The summed E-state index contributed by atoms with van der Waals surface area (Å²) in [5.41, 5.74) is -3.52. The van der Waals surface area contributed by atoms with E-state index in [1.165, 1.54) is 6.07 Å². The molecule has 46 heavy (non-hydrogen) atoms. The Balaban J connectivity index is 2.07. The van der Waals surface area contributed by atoms with Crippen molar-refractivity contribution in [2.24, 2.45) is 20.5 Å². The van der Waals surface area contributed by atoms with Crippen molar-refractivity contribution in [1.29, 1.82) is 0 Å². The Hall–Kier alpha value is -3.37. The molecule has 4 aromatic rings. The van der Waals surface area contributed by atoms with Gasteiger partial charge in [-0.2, -0.15) is 16.8 Å². The predicted molar refractivity (Wildman–Crippen MR) is 167 cm³/mol. The maximum Gasteiger partial charge on any atom is 0.358 e. The molecule has 4 rings (SSSR count). The number of carboxylic acid groups (broad SMARTS) is 1. The number of carboxylic acids is 1. The SMILES string of the molecule is O=C(O)c1cc(Br)cc(Br)c1N=Nc1c(S(=O)(=O)O)cc2cc(S(=O)(=O)O)c(N=Nc3ccc(Cl)cc3P(=O)(O)O)c(O)c2c1O. The number of hydrogen-bond donors (Lipinski definition) is 7. The maximum atomic E-state index is 12.3. The van der Waals surface area contributed by atoms with Crippen LogP contribution in [-0.4, -0.2) is 57.0 Å². The number of aromatic hydroxyl groups is 2. The zero-order valence-electron chi connectivity index (χ0n) is 21.8. The van der Waals surface area contributed by atoms with Crippen LogP contribution in [0.2, 0.25) is 5.02 Å². The molecule has 0 bridgehead atoms. The van der Waals surface area contributed by atoms with Gasteiger partial charge in [-0.05, 0) is 63.8 Å². The number of carbonyl (C=O) groups is 1. The Kier molecular flexibility index (Phi) is 9.78. The van der Waals surface area contributed by atoms with Crippen molar-refractivity contribution in [3.05, 3.63) is 62.0 Å². The van der Waals surface area contributed by atoms with Gasteiger partial charge in [-0.15, -0.1) is 20.5 Å². The quantitative estimate of drug-likeness (QED) is 0.0587. The average molecular weight is 845 g/mol. The number of halogens is 3. The summed E-state index contributed by atoms with van der Waals surface area (Å²) in [5, 5.41) is 43.9. The number of benzene rings is 4. The zero-order chi connectivity index (χ0) is 34.5. The van der Waals surface area contributed by atoms with Crippen molar-refractivity contribution in [3.63, 3.8) is 0 Å². The molecule has 0 radical (unpaired) electrons. The second-order valence-electron chi connectivity index (χ2n) is 8.86. The van der Waals surface area contributed by atoms with Crippen molar-refractivity contribution in [2.75, 3.05) is 0 Å². The van der Waals surface area contributed by atoms with Crippen LogP contribution in [0.25, 0.3) is 10.8 Å². The molecule has 4 aromatic carbocycles. The second kappa shape index (κ2) is 12.7. The van der Waals surface area contributed by atoms with E-state index in [1.54, 1.807) is 0 Å². The number of aromatic carboxylic acids is 1. The number of azo groups is 2. The van der Waals surface area contributed by atoms with E-state index in [0.29, 0.717) is 16.6 Å². The minimum absolute atomic E-state index is 0.0388. The third kappa shape index (κ3) is 7.28. The van der Waals surface area contributed by atoms with Crippen LogP contribution in [0.1, 0.15) is 10.4 Å². The monoisotopic (exact) mass is 842 g/mol. The Labute approximate surface area is 278 Å². The average Bonchev–Trinajstić information content (AvgIpc) is 2.90. The van der Waals surface area contributed by atoms with E-state index in [1.807, 2.05) is 0 Å². The van der Waals surface area contributed by atoms with Gasteiger partial charge in [-0.25, -0.2) is 4.79 Å². The highest BCUT2D eigenvalue weighted by molar-refractivity contribution is 9.11. The molecule has 23 heteroatoms. The number of hydrogen-bond acceptors (Lipinski definition) is 12. The first-order chi connectivity index (χ1) is 21.1. The van der Waals surface area contributed by atoms with Gasteiger partial charge in [0.1, 0.15) is 32.5 Å². The Morgan fingerprint density at radius 2 is 1.28 bits per heavy atom. The predicted octanol–water partition coefficient (Wildman–Crippen LogP) is 6.25. The van der Waals surface area contributed by atoms with Gasteiger partial charge in [0.15, 0.2) is 11.5 Å². The lowest BCUT2D eigenvalue weighted by Crippen LogP contribution is -2.04. The van der Waals surface area contributed by atoms with Gasteiger partial charge in [0, 0.05) is 14.0 Å². The number of phenols is 2. The molecule has 0 atom stereocenters. The van der Waals surface area contributed by atoms with Crippen LogP contribution in [0.5, 0.6) is 11.5 Å². The largest absolute Gasteiger partial charge is 0.505 e. The lowest BCUT2D eigenvalue weighted by molar-refractivity contribution is 0.0697. The lowest BCUT2D eigenvalue weighted by Gasteiger charge is -2.13. The van der Waals surface area contributed by atoms with Crippen molar-refractivity contribution in [2.45, 2.75) is 9.79 Å². The molecular formula is C23H14Br2ClN4O13PS2. The Bertz CT molecular complexity index is 2320. The highest BCUT2D eigenvalue weighted by Crippen LogP contribution is 2.50. The molecule has 0 spiro atoms. The van der Waals surface area contributed by atoms with E-state index in [0.717, 1.165) is 24.3 Å². The third-order valence-electron chi connectivity index (χ3n) is 5.82. The minimum atomic E-state index is -5.32. The van der Waals surface area contributed by atoms with Crippen LogP contribution in [0.15, 0.2) is 81.7 Å². The van der Waals surface area contributed by atoms with Crippen LogP contribution in [0.4, 0.5) is 22.7 Å². The molecule has 0 amide bonds. The molecule has 0 saturated heterocycles. The fourth-order valence-corrected chi connectivity index (χ4v) is 7.49. The molecule has 242 valence electrons. The summed E-state index contributed by atoms with van der Waals surface area (Å²) in [7, 11) is -15.7. The normalized spacial score (nSPS) is 12.8. The van der Waals surface area contributed by atoms with Crippen molar-refractivity contribution < 1.29 is 60.4 Å². The minimum Gasteiger partial charge on any atom is -0.505 e. The molecule has 17 nitrogen and oxygen atoms in total. The smallest absolute Gasteiger partial charge is 0.358 e. The van der Waals surface area contributed by atoms with E-state index in [9.17, 15) is 60.4 Å². The summed E-state index contributed by atoms with van der Waals surface area (Å²) in [6.07, 6.45) is 0. The fraction of sp³-hybridized carbons (Fsp3) is 0. The van der Waals surface area contributed by atoms with E-state index < -0.39 is 93.8 Å². The summed E-state index contributed by atoms with van der Waals surface area (Å²) in [6.45, 7) is 0. The van der Waals surface area contributed by atoms with Gasteiger partial charge in [-0.3, -0.25) is 13.7 Å². The van der Waals surface area contributed by atoms with E-state index >= 15 is 0 Å². The van der Waals surface area contributed by atoms with Gasteiger partial charge in [0.25, 0.3) is 20.2 Å². The molecular weight excluding hydrogens is 831 g/mol. The first-order valence-corrected chi connectivity index (χ1v) is 18.0. The van der Waals surface area contributed by atoms with Gasteiger partial charge >= 0.3 is 13.6 Å². The highest BCUT2D eigenvalue weighted by atomic mass is 79.9. The Morgan fingerprint density at radius 3 is 1.76 bits per heavy atom. The van der Waals surface area contributed by atoms with Crippen LogP contribution in [0, 0.1) is 0 Å². The molecule has 0 aliphatic carbocycles. The molecule has 0 heterocycles. The van der Waals surface area contributed by atoms with Crippen LogP contribution in [0.3, 0.4) is 0 Å². The van der Waals surface area contributed by atoms with Gasteiger partial charge < -0.3 is 25.1 Å². The summed E-state index contributed by atoms with van der Waals surface area (Å²) in [5.74, 6) is -4.01. The molecule has 0 saturated carbocycles. The first-order valence-electron chi connectivity index (χ1n) is 11.5.